The first-order valence-electron chi connectivity index (χ1n) is 8.34. The first kappa shape index (κ1) is 15.9. The van der Waals surface area contributed by atoms with E-state index < -0.39 is 0 Å². The largest absolute Gasteiger partial charge is 0.372 e. The highest BCUT2D eigenvalue weighted by Crippen LogP contribution is 2.24. The van der Waals surface area contributed by atoms with Crippen molar-refractivity contribution in [1.82, 2.24) is 0 Å². The van der Waals surface area contributed by atoms with E-state index in [1.807, 2.05) is 12.1 Å². The van der Waals surface area contributed by atoms with Gasteiger partial charge in [0, 0.05) is 30.9 Å². The minimum absolute atomic E-state index is 0.128. The maximum absolute atomic E-state index is 11.8. The number of nitrogens with zero attached hydrogens (tertiary/aromatic N) is 1. The van der Waals surface area contributed by atoms with Crippen LogP contribution in [-0.4, -0.2) is 19.0 Å². The normalized spacial score (nSPS) is 16.0. The predicted molar refractivity (Wildman–Crippen MR) is 89.8 cm³/mol. The van der Waals surface area contributed by atoms with Gasteiger partial charge in [-0.15, -0.1) is 0 Å². The van der Waals surface area contributed by atoms with Gasteiger partial charge in [0.15, 0.2) is 0 Å². The smallest absolute Gasteiger partial charge is 0.224 e. The summed E-state index contributed by atoms with van der Waals surface area (Å²) in [7, 11) is 0. The molecule has 2 rings (SSSR count). The van der Waals surface area contributed by atoms with Gasteiger partial charge in [0.2, 0.25) is 5.91 Å². The second-order valence-electron chi connectivity index (χ2n) is 6.22. The average Bonchev–Trinajstić information content (AvgIpc) is 2.49. The number of hydrogen-bond acceptors (Lipinski definition) is 2. The Hall–Kier alpha value is -1.51. The van der Waals surface area contributed by atoms with Crippen LogP contribution in [0.5, 0.6) is 0 Å². The van der Waals surface area contributed by atoms with Gasteiger partial charge in [-0.3, -0.25) is 4.79 Å². The number of carbonyl (C=O) groups excluding carboxylic acids is 1. The monoisotopic (exact) mass is 288 g/mol. The van der Waals surface area contributed by atoms with Gasteiger partial charge in [-0.25, -0.2) is 0 Å². The molecule has 21 heavy (non-hydrogen) atoms. The molecule has 1 fully saturated rings. The van der Waals surface area contributed by atoms with Gasteiger partial charge >= 0.3 is 0 Å². The van der Waals surface area contributed by atoms with Gasteiger partial charge in [-0.1, -0.05) is 26.7 Å². The zero-order valence-corrected chi connectivity index (χ0v) is 13.4. The number of piperidine rings is 1. The quantitative estimate of drug-likeness (QED) is 0.785. The first-order valence-corrected chi connectivity index (χ1v) is 8.34. The van der Waals surface area contributed by atoms with Gasteiger partial charge < -0.3 is 10.2 Å². The third-order valence-electron chi connectivity index (χ3n) is 4.31. The summed E-state index contributed by atoms with van der Waals surface area (Å²) in [5.41, 5.74) is 2.18. The molecule has 1 aromatic carbocycles. The summed E-state index contributed by atoms with van der Waals surface area (Å²) in [6, 6.07) is 8.28. The molecule has 0 aliphatic carbocycles. The minimum atomic E-state index is 0.128. The second-order valence-corrected chi connectivity index (χ2v) is 6.22. The zero-order valence-electron chi connectivity index (χ0n) is 13.4. The first-order chi connectivity index (χ1) is 10.2. The molecule has 1 N–H and O–H groups in total. The second kappa shape index (κ2) is 8.06. The molecular weight excluding hydrogens is 260 g/mol. The molecule has 1 saturated heterocycles. The van der Waals surface area contributed by atoms with E-state index in [2.05, 4.69) is 36.2 Å². The number of unbranched alkanes of at least 4 members (excludes halogenated alkanes) is 2. The van der Waals surface area contributed by atoms with Crippen molar-refractivity contribution in [3.8, 4) is 0 Å². The molecule has 0 radical (unpaired) electrons. The minimum Gasteiger partial charge on any atom is -0.372 e. The van der Waals surface area contributed by atoms with Gasteiger partial charge in [0.25, 0.3) is 0 Å². The number of benzene rings is 1. The van der Waals surface area contributed by atoms with E-state index in [1.165, 1.54) is 18.5 Å². The standard InChI is InChI=1S/C18H28N2O/c1-3-4-5-6-18(21)19-16-7-9-17(10-8-16)20-13-11-15(2)12-14-20/h7-10,15H,3-6,11-14H2,1-2H3,(H,19,21). The Kier molecular flexibility index (Phi) is 6.09. The molecule has 0 bridgehead atoms. The summed E-state index contributed by atoms with van der Waals surface area (Å²) >= 11 is 0. The van der Waals surface area contributed by atoms with Crippen molar-refractivity contribution in [1.29, 1.82) is 0 Å². The summed E-state index contributed by atoms with van der Waals surface area (Å²) in [4.78, 5) is 14.2. The van der Waals surface area contributed by atoms with Crippen molar-refractivity contribution >= 4 is 17.3 Å². The molecule has 0 aromatic heterocycles. The highest BCUT2D eigenvalue weighted by atomic mass is 16.1. The third-order valence-corrected chi connectivity index (χ3v) is 4.31. The Morgan fingerprint density at radius 2 is 1.86 bits per heavy atom. The van der Waals surface area contributed by atoms with Crippen LogP contribution < -0.4 is 10.2 Å². The zero-order chi connectivity index (χ0) is 15.1. The van der Waals surface area contributed by atoms with E-state index in [0.717, 1.165) is 44.0 Å². The van der Waals surface area contributed by atoms with Crippen LogP contribution in [0.1, 0.15) is 52.4 Å². The molecule has 1 amide bonds. The molecule has 1 aliphatic rings. The molecular formula is C18H28N2O. The van der Waals surface area contributed by atoms with Crippen molar-refractivity contribution in [2.24, 2.45) is 5.92 Å². The molecule has 0 unspecified atom stereocenters. The van der Waals surface area contributed by atoms with Crippen LogP contribution in [0.25, 0.3) is 0 Å². The summed E-state index contributed by atoms with van der Waals surface area (Å²) in [5, 5.41) is 2.98. The number of carbonyl (C=O) groups is 1. The summed E-state index contributed by atoms with van der Waals surface area (Å²) in [6.07, 6.45) is 6.42. The van der Waals surface area contributed by atoms with Crippen molar-refractivity contribution in [3.63, 3.8) is 0 Å². The van der Waals surface area contributed by atoms with Crippen LogP contribution in [0.4, 0.5) is 11.4 Å². The lowest BCUT2D eigenvalue weighted by Gasteiger charge is -2.32. The lowest BCUT2D eigenvalue weighted by atomic mass is 9.99. The van der Waals surface area contributed by atoms with Crippen LogP contribution >= 0.6 is 0 Å². The fraction of sp³-hybridized carbons (Fsp3) is 0.611. The van der Waals surface area contributed by atoms with Crippen LogP contribution in [0.2, 0.25) is 0 Å². The van der Waals surface area contributed by atoms with Crippen LogP contribution in [0.3, 0.4) is 0 Å². The molecule has 0 spiro atoms. The Labute approximate surface area is 128 Å². The highest BCUT2D eigenvalue weighted by molar-refractivity contribution is 5.90. The molecule has 1 aliphatic heterocycles. The molecule has 0 saturated carbocycles. The van der Waals surface area contributed by atoms with Gasteiger partial charge in [-0.2, -0.15) is 0 Å². The molecule has 1 heterocycles. The van der Waals surface area contributed by atoms with Crippen molar-refractivity contribution < 1.29 is 4.79 Å². The molecule has 1 aromatic rings. The topological polar surface area (TPSA) is 32.3 Å². The fourth-order valence-electron chi connectivity index (χ4n) is 2.78. The summed E-state index contributed by atoms with van der Waals surface area (Å²) < 4.78 is 0. The van der Waals surface area contributed by atoms with E-state index in [1.54, 1.807) is 0 Å². The lowest BCUT2D eigenvalue weighted by Crippen LogP contribution is -2.32. The van der Waals surface area contributed by atoms with Crippen LogP contribution in [0.15, 0.2) is 24.3 Å². The maximum Gasteiger partial charge on any atom is 0.224 e. The third kappa shape index (κ3) is 5.07. The number of nitrogens with one attached hydrogen (secondary N) is 1. The fourth-order valence-corrected chi connectivity index (χ4v) is 2.78. The molecule has 116 valence electrons. The van der Waals surface area contributed by atoms with Crippen molar-refractivity contribution in [2.45, 2.75) is 52.4 Å². The van der Waals surface area contributed by atoms with E-state index in [0.29, 0.717) is 6.42 Å². The number of rotatable bonds is 6. The molecule has 3 heteroatoms. The van der Waals surface area contributed by atoms with Crippen LogP contribution in [-0.2, 0) is 4.79 Å². The van der Waals surface area contributed by atoms with Crippen LogP contribution in [0, 0.1) is 5.92 Å². The van der Waals surface area contributed by atoms with Gasteiger partial charge in [0.1, 0.15) is 0 Å². The van der Waals surface area contributed by atoms with Gasteiger partial charge in [-0.05, 0) is 49.4 Å². The van der Waals surface area contributed by atoms with E-state index >= 15 is 0 Å². The average molecular weight is 288 g/mol. The van der Waals surface area contributed by atoms with E-state index in [9.17, 15) is 4.79 Å². The molecule has 3 nitrogen and oxygen atoms in total. The van der Waals surface area contributed by atoms with E-state index in [-0.39, 0.29) is 5.91 Å². The SMILES string of the molecule is CCCCCC(=O)Nc1ccc(N2CCC(C)CC2)cc1. The predicted octanol–water partition coefficient (Wildman–Crippen LogP) is 4.44. The number of hydrogen-bond donors (Lipinski definition) is 1. The molecule has 0 atom stereocenters. The highest BCUT2D eigenvalue weighted by Gasteiger charge is 2.15. The van der Waals surface area contributed by atoms with Crippen molar-refractivity contribution in [3.05, 3.63) is 24.3 Å². The lowest BCUT2D eigenvalue weighted by molar-refractivity contribution is -0.116. The van der Waals surface area contributed by atoms with Crippen molar-refractivity contribution in [2.75, 3.05) is 23.3 Å². The number of anilines is 2. The Morgan fingerprint density at radius 1 is 1.19 bits per heavy atom. The maximum atomic E-state index is 11.8. The Balaban J connectivity index is 1.83. The summed E-state index contributed by atoms with van der Waals surface area (Å²) in [5.74, 6) is 0.978. The Bertz CT molecular complexity index is 433. The van der Waals surface area contributed by atoms with Gasteiger partial charge in [0.05, 0.1) is 0 Å². The van der Waals surface area contributed by atoms with E-state index in [4.69, 9.17) is 0 Å². The Morgan fingerprint density at radius 3 is 2.48 bits per heavy atom. The summed E-state index contributed by atoms with van der Waals surface area (Å²) in [6.45, 7) is 6.76. The number of amides is 1.